The van der Waals surface area contributed by atoms with Crippen LogP contribution in [0, 0.1) is 0 Å². The molecule has 0 saturated carbocycles. The first-order valence-corrected chi connectivity index (χ1v) is 8.75. The largest absolute Gasteiger partial charge is 0.497 e. The van der Waals surface area contributed by atoms with Gasteiger partial charge in [-0.3, -0.25) is 14.9 Å². The van der Waals surface area contributed by atoms with E-state index in [0.29, 0.717) is 17.8 Å². The lowest BCUT2D eigenvalue weighted by Gasteiger charge is -2.12. The molecule has 0 unspecified atom stereocenters. The smallest absolute Gasteiger partial charge is 0.253 e. The molecule has 0 aliphatic heterocycles. The Morgan fingerprint density at radius 3 is 2.48 bits per heavy atom. The van der Waals surface area contributed by atoms with E-state index in [2.05, 4.69) is 16.0 Å². The van der Waals surface area contributed by atoms with Gasteiger partial charge in [0, 0.05) is 12.6 Å². The summed E-state index contributed by atoms with van der Waals surface area (Å²) in [5, 5.41) is 8.28. The lowest BCUT2D eigenvalue weighted by molar-refractivity contribution is -0.115. The van der Waals surface area contributed by atoms with Crippen LogP contribution >= 0.6 is 12.2 Å². The van der Waals surface area contributed by atoms with Crippen LogP contribution in [0.2, 0.25) is 0 Å². The number of carbonyl (C=O) groups is 2. The molecule has 3 N–H and O–H groups in total. The van der Waals surface area contributed by atoms with Gasteiger partial charge in [-0.1, -0.05) is 24.3 Å². The summed E-state index contributed by atoms with van der Waals surface area (Å²) in [5.41, 5.74) is 1.82. The maximum absolute atomic E-state index is 12.1. The Morgan fingerprint density at radius 1 is 1.11 bits per heavy atom. The van der Waals surface area contributed by atoms with E-state index < -0.39 is 0 Å². The molecule has 0 radical (unpaired) electrons. The van der Waals surface area contributed by atoms with Gasteiger partial charge in [-0.2, -0.15) is 0 Å². The van der Waals surface area contributed by atoms with E-state index in [1.807, 2.05) is 31.2 Å². The first-order valence-electron chi connectivity index (χ1n) is 8.34. The zero-order valence-corrected chi connectivity index (χ0v) is 15.9. The fourth-order valence-corrected chi connectivity index (χ4v) is 2.45. The third-order valence-electron chi connectivity index (χ3n) is 3.54. The van der Waals surface area contributed by atoms with Crippen molar-refractivity contribution < 1.29 is 14.3 Å². The number of ether oxygens (including phenoxy) is 1. The molecule has 0 atom stereocenters. The van der Waals surface area contributed by atoms with Crippen molar-refractivity contribution >= 4 is 40.9 Å². The molecule has 2 amide bonds. The predicted octanol–water partition coefficient (Wildman–Crippen LogP) is 2.97. The average molecular weight is 383 g/mol. The van der Waals surface area contributed by atoms with Crippen molar-refractivity contribution in [3.63, 3.8) is 0 Å². The highest BCUT2D eigenvalue weighted by atomic mass is 32.1. The van der Waals surface area contributed by atoms with Gasteiger partial charge in [-0.25, -0.2) is 0 Å². The number of carbonyl (C=O) groups excluding carboxylic acids is 2. The molecule has 0 aliphatic carbocycles. The molecule has 7 heteroatoms. The number of nitrogens with one attached hydrogen (secondary N) is 3. The Bertz CT molecular complexity index is 848. The molecular weight excluding hydrogens is 362 g/mol. The Kier molecular flexibility index (Phi) is 7.51. The van der Waals surface area contributed by atoms with Crippen LogP contribution in [-0.2, 0) is 4.79 Å². The summed E-state index contributed by atoms with van der Waals surface area (Å²) in [7, 11) is 1.59. The fourth-order valence-electron chi connectivity index (χ4n) is 2.24. The highest BCUT2D eigenvalue weighted by Crippen LogP contribution is 2.15. The van der Waals surface area contributed by atoms with Gasteiger partial charge in [0.05, 0.1) is 18.4 Å². The number of benzene rings is 2. The van der Waals surface area contributed by atoms with Gasteiger partial charge in [-0.15, -0.1) is 0 Å². The number of rotatable bonds is 6. The fraction of sp³-hybridized carbons (Fsp3) is 0.150. The standard InChI is InChI=1S/C20H21N3O3S/c1-3-21-19(25)16-6-4-5-7-17(16)22-20(27)23-18(24)13-10-14-8-11-15(26-2)12-9-14/h4-13H,3H2,1-2H3,(H,21,25)(H2,22,23,24,27). The molecule has 0 aliphatic rings. The van der Waals surface area contributed by atoms with Crippen LogP contribution < -0.4 is 20.7 Å². The predicted molar refractivity (Wildman–Crippen MR) is 111 cm³/mol. The second-order valence-corrected chi connectivity index (χ2v) is 5.86. The summed E-state index contributed by atoms with van der Waals surface area (Å²) in [4.78, 5) is 24.1. The van der Waals surface area contributed by atoms with Gasteiger partial charge in [-0.05, 0) is 55.0 Å². The molecule has 6 nitrogen and oxygen atoms in total. The van der Waals surface area contributed by atoms with Crippen LogP contribution in [0.3, 0.4) is 0 Å². The SMILES string of the molecule is CCNC(=O)c1ccccc1NC(=S)NC(=O)C=Cc1ccc(OC)cc1. The number of hydrogen-bond donors (Lipinski definition) is 3. The molecule has 0 aromatic heterocycles. The minimum atomic E-state index is -0.376. The van der Waals surface area contributed by atoms with E-state index in [1.54, 1.807) is 37.5 Å². The highest BCUT2D eigenvalue weighted by Gasteiger charge is 2.11. The van der Waals surface area contributed by atoms with Crippen molar-refractivity contribution in [3.8, 4) is 5.75 Å². The maximum Gasteiger partial charge on any atom is 0.253 e. The van der Waals surface area contributed by atoms with Gasteiger partial charge in [0.2, 0.25) is 5.91 Å². The maximum atomic E-state index is 12.1. The third kappa shape index (κ3) is 6.23. The molecule has 140 valence electrons. The topological polar surface area (TPSA) is 79.5 Å². The number of anilines is 1. The van der Waals surface area contributed by atoms with Crippen LogP contribution in [0.15, 0.2) is 54.6 Å². The van der Waals surface area contributed by atoms with Gasteiger partial charge in [0.25, 0.3) is 5.91 Å². The van der Waals surface area contributed by atoms with Crippen LogP contribution in [0.25, 0.3) is 6.08 Å². The Balaban J connectivity index is 1.96. The first-order chi connectivity index (χ1) is 13.0. The number of hydrogen-bond acceptors (Lipinski definition) is 4. The summed E-state index contributed by atoms with van der Waals surface area (Å²) in [6.07, 6.45) is 3.05. The number of thiocarbonyl (C=S) groups is 1. The Hall–Kier alpha value is -3.19. The van der Waals surface area contributed by atoms with Crippen LogP contribution in [0.4, 0.5) is 5.69 Å². The first kappa shape index (κ1) is 20.1. The second kappa shape index (κ2) is 10.1. The van der Waals surface area contributed by atoms with Gasteiger partial charge >= 0.3 is 0 Å². The van der Waals surface area contributed by atoms with Crippen LogP contribution in [0.5, 0.6) is 5.75 Å². The molecule has 0 fully saturated rings. The molecule has 0 heterocycles. The Labute approximate surface area is 163 Å². The quantitative estimate of drug-likeness (QED) is 0.528. The molecular formula is C20H21N3O3S. The summed E-state index contributed by atoms with van der Waals surface area (Å²) in [6.45, 7) is 2.36. The molecule has 0 bridgehead atoms. The summed E-state index contributed by atoms with van der Waals surface area (Å²) in [5.74, 6) is 0.153. The zero-order valence-electron chi connectivity index (χ0n) is 15.1. The number of para-hydroxylation sites is 1. The molecule has 0 spiro atoms. The molecule has 2 rings (SSSR count). The molecule has 2 aromatic carbocycles. The van der Waals surface area contributed by atoms with E-state index in [-0.39, 0.29) is 16.9 Å². The summed E-state index contributed by atoms with van der Waals surface area (Å²) >= 11 is 5.16. The second-order valence-electron chi connectivity index (χ2n) is 5.45. The monoisotopic (exact) mass is 383 g/mol. The van der Waals surface area contributed by atoms with Gasteiger partial charge < -0.3 is 15.4 Å². The lowest BCUT2D eigenvalue weighted by atomic mass is 10.1. The van der Waals surface area contributed by atoms with Crippen molar-refractivity contribution in [1.29, 1.82) is 0 Å². The van der Waals surface area contributed by atoms with Gasteiger partial charge in [0.1, 0.15) is 5.75 Å². The zero-order chi connectivity index (χ0) is 19.6. The van der Waals surface area contributed by atoms with Crippen molar-refractivity contribution in [3.05, 3.63) is 65.7 Å². The van der Waals surface area contributed by atoms with Crippen LogP contribution in [-0.4, -0.2) is 30.6 Å². The van der Waals surface area contributed by atoms with E-state index in [1.165, 1.54) is 6.08 Å². The minimum absolute atomic E-state index is 0.108. The average Bonchev–Trinajstić information content (AvgIpc) is 2.67. The summed E-state index contributed by atoms with van der Waals surface area (Å²) < 4.78 is 5.09. The highest BCUT2D eigenvalue weighted by molar-refractivity contribution is 7.80. The van der Waals surface area contributed by atoms with E-state index >= 15 is 0 Å². The normalized spacial score (nSPS) is 10.3. The van der Waals surface area contributed by atoms with Crippen molar-refractivity contribution in [2.45, 2.75) is 6.92 Å². The summed E-state index contributed by atoms with van der Waals surface area (Å²) in [6, 6.07) is 14.2. The van der Waals surface area contributed by atoms with Crippen molar-refractivity contribution in [1.82, 2.24) is 10.6 Å². The molecule has 27 heavy (non-hydrogen) atoms. The van der Waals surface area contributed by atoms with Crippen molar-refractivity contribution in [2.75, 3.05) is 19.0 Å². The number of amides is 2. The minimum Gasteiger partial charge on any atom is -0.497 e. The number of methoxy groups -OCH3 is 1. The van der Waals surface area contributed by atoms with E-state index in [0.717, 1.165) is 11.3 Å². The molecule has 2 aromatic rings. The van der Waals surface area contributed by atoms with E-state index in [4.69, 9.17) is 17.0 Å². The van der Waals surface area contributed by atoms with Gasteiger partial charge in [0.15, 0.2) is 5.11 Å². The van der Waals surface area contributed by atoms with Crippen LogP contribution in [0.1, 0.15) is 22.8 Å². The third-order valence-corrected chi connectivity index (χ3v) is 3.74. The molecule has 0 saturated heterocycles. The Morgan fingerprint density at radius 2 is 1.81 bits per heavy atom. The van der Waals surface area contributed by atoms with E-state index in [9.17, 15) is 9.59 Å². The van der Waals surface area contributed by atoms with Crippen molar-refractivity contribution in [2.24, 2.45) is 0 Å². The lowest BCUT2D eigenvalue weighted by Crippen LogP contribution is -2.34.